The summed E-state index contributed by atoms with van der Waals surface area (Å²) in [6.45, 7) is 0.422. The van der Waals surface area contributed by atoms with Crippen LogP contribution in [-0.4, -0.2) is 9.55 Å². The molecule has 0 spiro atoms. The molecule has 0 amide bonds. The molecule has 4 nitrogen and oxygen atoms in total. The first kappa shape index (κ1) is 11.9. The topological polar surface area (TPSA) is 50.8 Å². The first-order valence-corrected chi connectivity index (χ1v) is 6.07. The average molecular weight is 339 g/mol. The molecule has 0 fully saturated rings. The second-order valence-corrected chi connectivity index (χ2v) is 4.66. The van der Waals surface area contributed by atoms with Gasteiger partial charge in [0.15, 0.2) is 0 Å². The predicted molar refractivity (Wildman–Crippen MR) is 71.4 cm³/mol. The Morgan fingerprint density at radius 1 is 1.53 bits per heavy atom. The van der Waals surface area contributed by atoms with Crippen LogP contribution in [0.25, 0.3) is 0 Å². The van der Waals surface area contributed by atoms with Crippen LogP contribution in [0.2, 0.25) is 0 Å². The zero-order chi connectivity index (χ0) is 12.3. The molecule has 2 aromatic rings. The Morgan fingerprint density at radius 3 is 2.94 bits per heavy atom. The number of aryl methyl sites for hydroxylation is 1. The number of benzene rings is 1. The van der Waals surface area contributed by atoms with Gasteiger partial charge in [0.05, 0.1) is 15.2 Å². The first-order valence-electron chi connectivity index (χ1n) is 4.99. The van der Waals surface area contributed by atoms with E-state index in [0.29, 0.717) is 12.2 Å². The van der Waals surface area contributed by atoms with Crippen LogP contribution in [0.15, 0.2) is 30.6 Å². The van der Waals surface area contributed by atoms with Crippen LogP contribution in [0, 0.1) is 14.9 Å². The molecule has 0 unspecified atom stereocenters. The number of aromatic nitrogens is 2. The number of nitrogens with zero attached hydrogens (tertiary/aromatic N) is 3. The van der Waals surface area contributed by atoms with E-state index in [1.807, 2.05) is 23.9 Å². The van der Waals surface area contributed by atoms with E-state index in [4.69, 9.17) is 10.00 Å². The molecule has 86 valence electrons. The molecule has 0 radical (unpaired) electrons. The normalized spacial score (nSPS) is 9.94. The van der Waals surface area contributed by atoms with Gasteiger partial charge >= 0.3 is 0 Å². The predicted octanol–water partition coefficient (Wildman–Crippen LogP) is 2.48. The molecule has 0 atom stereocenters. The zero-order valence-electron chi connectivity index (χ0n) is 9.22. The summed E-state index contributed by atoms with van der Waals surface area (Å²) in [7, 11) is 1.93. The highest BCUT2D eigenvalue weighted by molar-refractivity contribution is 14.1. The molecule has 0 aliphatic rings. The maximum atomic E-state index is 8.76. The summed E-state index contributed by atoms with van der Waals surface area (Å²) in [5, 5.41) is 8.76. The van der Waals surface area contributed by atoms with Crippen LogP contribution in [0.3, 0.4) is 0 Å². The lowest BCUT2D eigenvalue weighted by molar-refractivity contribution is 0.289. The fourth-order valence-corrected chi connectivity index (χ4v) is 2.04. The summed E-state index contributed by atoms with van der Waals surface area (Å²) in [6, 6.07) is 7.45. The molecule has 1 heterocycles. The fraction of sp³-hybridized carbons (Fsp3) is 0.167. The summed E-state index contributed by atoms with van der Waals surface area (Å²) < 4.78 is 8.50. The van der Waals surface area contributed by atoms with Crippen molar-refractivity contribution in [3.63, 3.8) is 0 Å². The van der Waals surface area contributed by atoms with Gasteiger partial charge in [-0.15, -0.1) is 0 Å². The maximum Gasteiger partial charge on any atom is 0.146 e. The highest BCUT2D eigenvalue weighted by Gasteiger charge is 2.05. The van der Waals surface area contributed by atoms with E-state index in [0.717, 1.165) is 15.1 Å². The molecule has 17 heavy (non-hydrogen) atoms. The SMILES string of the molecule is Cn1ccnc1COc1ccc(C#N)cc1I. The molecule has 2 rings (SSSR count). The Balaban J connectivity index is 2.10. The number of halogens is 1. The third kappa shape index (κ3) is 2.77. The Kier molecular flexibility index (Phi) is 3.64. The Bertz CT molecular complexity index is 571. The van der Waals surface area contributed by atoms with Gasteiger partial charge in [-0.3, -0.25) is 0 Å². The molecule has 0 saturated heterocycles. The Labute approximate surface area is 113 Å². The highest BCUT2D eigenvalue weighted by Crippen LogP contribution is 2.22. The van der Waals surface area contributed by atoms with Gasteiger partial charge in [-0.1, -0.05) is 0 Å². The lowest BCUT2D eigenvalue weighted by Crippen LogP contribution is -2.03. The minimum absolute atomic E-state index is 0.422. The zero-order valence-corrected chi connectivity index (χ0v) is 11.4. The number of ether oxygens (including phenoxy) is 1. The van der Waals surface area contributed by atoms with Crippen molar-refractivity contribution in [2.45, 2.75) is 6.61 Å². The van der Waals surface area contributed by atoms with E-state index in [1.165, 1.54) is 0 Å². The number of rotatable bonds is 3. The van der Waals surface area contributed by atoms with Gasteiger partial charge in [0, 0.05) is 19.4 Å². The summed E-state index contributed by atoms with van der Waals surface area (Å²) in [6.07, 6.45) is 3.62. The van der Waals surface area contributed by atoms with Crippen LogP contribution in [0.1, 0.15) is 11.4 Å². The van der Waals surface area contributed by atoms with E-state index in [9.17, 15) is 0 Å². The van der Waals surface area contributed by atoms with E-state index in [1.54, 1.807) is 18.3 Å². The molecular weight excluding hydrogens is 329 g/mol. The highest BCUT2D eigenvalue weighted by atomic mass is 127. The largest absolute Gasteiger partial charge is 0.485 e. The first-order chi connectivity index (χ1) is 8.20. The van der Waals surface area contributed by atoms with Crippen molar-refractivity contribution in [1.29, 1.82) is 5.26 Å². The quantitative estimate of drug-likeness (QED) is 0.808. The molecule has 0 aliphatic carbocycles. The van der Waals surface area contributed by atoms with Crippen molar-refractivity contribution in [3.8, 4) is 11.8 Å². The van der Waals surface area contributed by atoms with Gasteiger partial charge < -0.3 is 9.30 Å². The van der Waals surface area contributed by atoms with Gasteiger partial charge in [0.25, 0.3) is 0 Å². The van der Waals surface area contributed by atoms with Crippen molar-refractivity contribution in [2.24, 2.45) is 7.05 Å². The van der Waals surface area contributed by atoms with Crippen molar-refractivity contribution < 1.29 is 4.74 Å². The minimum atomic E-state index is 0.422. The number of hydrogen-bond donors (Lipinski definition) is 0. The van der Waals surface area contributed by atoms with Crippen LogP contribution in [-0.2, 0) is 13.7 Å². The second-order valence-electron chi connectivity index (χ2n) is 3.50. The van der Waals surface area contributed by atoms with Crippen LogP contribution < -0.4 is 4.74 Å². The maximum absolute atomic E-state index is 8.76. The van der Waals surface area contributed by atoms with Crippen LogP contribution in [0.5, 0.6) is 5.75 Å². The molecule has 1 aromatic heterocycles. The molecule has 0 bridgehead atoms. The van der Waals surface area contributed by atoms with Gasteiger partial charge in [-0.05, 0) is 40.8 Å². The van der Waals surface area contributed by atoms with Crippen molar-refractivity contribution in [3.05, 3.63) is 45.6 Å². The molecule has 5 heteroatoms. The van der Waals surface area contributed by atoms with E-state index < -0.39 is 0 Å². The Morgan fingerprint density at radius 2 is 2.35 bits per heavy atom. The molecule has 0 aliphatic heterocycles. The van der Waals surface area contributed by atoms with Gasteiger partial charge in [0.2, 0.25) is 0 Å². The van der Waals surface area contributed by atoms with Crippen molar-refractivity contribution in [2.75, 3.05) is 0 Å². The van der Waals surface area contributed by atoms with Crippen molar-refractivity contribution >= 4 is 22.6 Å². The standard InChI is InChI=1S/C12H10IN3O/c1-16-5-4-15-12(16)8-17-11-3-2-9(7-14)6-10(11)13/h2-6H,8H2,1H3. The van der Waals surface area contributed by atoms with Crippen molar-refractivity contribution in [1.82, 2.24) is 9.55 Å². The van der Waals surface area contributed by atoms with Crippen LogP contribution in [0.4, 0.5) is 0 Å². The van der Waals surface area contributed by atoms with E-state index in [2.05, 4.69) is 33.6 Å². The monoisotopic (exact) mass is 339 g/mol. The Hall–Kier alpha value is -1.55. The third-order valence-electron chi connectivity index (χ3n) is 2.34. The fourth-order valence-electron chi connectivity index (χ4n) is 1.37. The van der Waals surface area contributed by atoms with Gasteiger partial charge in [0.1, 0.15) is 18.2 Å². The average Bonchev–Trinajstić information content (AvgIpc) is 2.73. The number of nitriles is 1. The smallest absolute Gasteiger partial charge is 0.146 e. The van der Waals surface area contributed by atoms with Gasteiger partial charge in [-0.25, -0.2) is 4.98 Å². The van der Waals surface area contributed by atoms with Gasteiger partial charge in [-0.2, -0.15) is 5.26 Å². The van der Waals surface area contributed by atoms with E-state index in [-0.39, 0.29) is 0 Å². The summed E-state index contributed by atoms with van der Waals surface area (Å²) in [5.41, 5.74) is 0.638. The third-order valence-corrected chi connectivity index (χ3v) is 3.18. The molecule has 1 aromatic carbocycles. The number of imidazole rings is 1. The summed E-state index contributed by atoms with van der Waals surface area (Å²) >= 11 is 2.16. The lowest BCUT2D eigenvalue weighted by Gasteiger charge is -2.08. The number of hydrogen-bond acceptors (Lipinski definition) is 3. The minimum Gasteiger partial charge on any atom is -0.485 e. The van der Waals surface area contributed by atoms with E-state index >= 15 is 0 Å². The molecule has 0 N–H and O–H groups in total. The molecular formula is C12H10IN3O. The summed E-state index contributed by atoms with van der Waals surface area (Å²) in [4.78, 5) is 4.18. The second kappa shape index (κ2) is 5.19. The lowest BCUT2D eigenvalue weighted by atomic mass is 10.2. The van der Waals surface area contributed by atoms with Crippen LogP contribution >= 0.6 is 22.6 Å². The molecule has 0 saturated carbocycles. The summed E-state index contributed by atoms with van der Waals surface area (Å²) in [5.74, 6) is 1.64.